The van der Waals surface area contributed by atoms with E-state index in [2.05, 4.69) is 19.2 Å². The van der Waals surface area contributed by atoms with E-state index < -0.39 is 12.0 Å². The van der Waals surface area contributed by atoms with Gasteiger partial charge < -0.3 is 15.3 Å². The van der Waals surface area contributed by atoms with Crippen LogP contribution >= 0.6 is 0 Å². The van der Waals surface area contributed by atoms with E-state index in [0.717, 1.165) is 13.0 Å². The summed E-state index contributed by atoms with van der Waals surface area (Å²) in [5.41, 5.74) is 0. The molecule has 6 nitrogen and oxygen atoms in total. The third-order valence-electron chi connectivity index (χ3n) is 3.12. The number of carboxylic acids is 1. The normalized spacial score (nSPS) is 13.0. The standard InChI is InChI=1S/C14H29N3O3/c1-11(2)6-7-15-14(20)12(3)17(10-13(18)19)9-8-16(4)5/h11-12H,6-10H2,1-5H3,(H,15,20)(H,18,19). The summed E-state index contributed by atoms with van der Waals surface area (Å²) in [4.78, 5) is 26.6. The molecule has 0 aliphatic heterocycles. The van der Waals surface area contributed by atoms with E-state index >= 15 is 0 Å². The zero-order chi connectivity index (χ0) is 15.7. The second-order valence-electron chi connectivity index (χ2n) is 5.82. The van der Waals surface area contributed by atoms with Gasteiger partial charge in [-0.05, 0) is 33.4 Å². The molecule has 118 valence electrons. The van der Waals surface area contributed by atoms with E-state index in [9.17, 15) is 9.59 Å². The number of hydrogen-bond donors (Lipinski definition) is 2. The van der Waals surface area contributed by atoms with Crippen LogP contribution in [0.4, 0.5) is 0 Å². The lowest BCUT2D eigenvalue weighted by atomic mass is 10.1. The monoisotopic (exact) mass is 287 g/mol. The molecule has 1 atom stereocenters. The molecule has 0 fully saturated rings. The Kier molecular flexibility index (Phi) is 9.16. The van der Waals surface area contributed by atoms with Crippen molar-refractivity contribution in [3.63, 3.8) is 0 Å². The summed E-state index contributed by atoms with van der Waals surface area (Å²) in [6.45, 7) is 7.74. The molecule has 0 heterocycles. The predicted molar refractivity (Wildman–Crippen MR) is 79.7 cm³/mol. The van der Waals surface area contributed by atoms with Crippen LogP contribution in [0.5, 0.6) is 0 Å². The third kappa shape index (κ3) is 8.87. The van der Waals surface area contributed by atoms with Crippen molar-refractivity contribution < 1.29 is 14.7 Å². The van der Waals surface area contributed by atoms with E-state index in [-0.39, 0.29) is 12.5 Å². The SMILES string of the molecule is CC(C)CCNC(=O)C(C)N(CCN(C)C)CC(=O)O. The number of carbonyl (C=O) groups excluding carboxylic acids is 1. The Morgan fingerprint density at radius 3 is 2.20 bits per heavy atom. The van der Waals surface area contributed by atoms with Gasteiger partial charge in [0.15, 0.2) is 0 Å². The summed E-state index contributed by atoms with van der Waals surface area (Å²) in [5.74, 6) is -0.481. The van der Waals surface area contributed by atoms with E-state index in [1.54, 1.807) is 11.8 Å². The van der Waals surface area contributed by atoms with Gasteiger partial charge in [-0.3, -0.25) is 14.5 Å². The molecule has 0 aromatic heterocycles. The highest BCUT2D eigenvalue weighted by molar-refractivity contribution is 5.82. The molecule has 0 aromatic carbocycles. The average molecular weight is 287 g/mol. The zero-order valence-corrected chi connectivity index (χ0v) is 13.3. The second-order valence-corrected chi connectivity index (χ2v) is 5.82. The maximum atomic E-state index is 12.0. The van der Waals surface area contributed by atoms with Crippen LogP contribution in [-0.4, -0.2) is 73.1 Å². The summed E-state index contributed by atoms with van der Waals surface area (Å²) >= 11 is 0. The van der Waals surface area contributed by atoms with Crippen LogP contribution in [0, 0.1) is 5.92 Å². The Morgan fingerprint density at radius 1 is 1.15 bits per heavy atom. The molecule has 0 saturated carbocycles. The molecule has 1 amide bonds. The Balaban J connectivity index is 4.39. The van der Waals surface area contributed by atoms with Crippen LogP contribution in [0.2, 0.25) is 0 Å². The number of rotatable bonds is 10. The predicted octanol–water partition coefficient (Wildman–Crippen LogP) is 0.485. The van der Waals surface area contributed by atoms with Crippen molar-refractivity contribution in [2.45, 2.75) is 33.2 Å². The van der Waals surface area contributed by atoms with Gasteiger partial charge in [-0.25, -0.2) is 0 Å². The van der Waals surface area contributed by atoms with Gasteiger partial charge in [0.05, 0.1) is 12.6 Å². The van der Waals surface area contributed by atoms with Gasteiger partial charge in [0.25, 0.3) is 0 Å². The Morgan fingerprint density at radius 2 is 1.75 bits per heavy atom. The molecular weight excluding hydrogens is 258 g/mol. The molecule has 1 unspecified atom stereocenters. The first kappa shape index (κ1) is 18.9. The number of likely N-dealkylation sites (N-methyl/N-ethyl adjacent to an activating group) is 1. The summed E-state index contributed by atoms with van der Waals surface area (Å²) in [6.07, 6.45) is 0.926. The number of nitrogens with one attached hydrogen (secondary N) is 1. The topological polar surface area (TPSA) is 72.9 Å². The highest BCUT2D eigenvalue weighted by Gasteiger charge is 2.22. The van der Waals surface area contributed by atoms with Gasteiger partial charge >= 0.3 is 5.97 Å². The van der Waals surface area contributed by atoms with Crippen LogP contribution in [0.25, 0.3) is 0 Å². The molecule has 2 N–H and O–H groups in total. The van der Waals surface area contributed by atoms with Gasteiger partial charge in [-0.15, -0.1) is 0 Å². The van der Waals surface area contributed by atoms with Crippen LogP contribution < -0.4 is 5.32 Å². The van der Waals surface area contributed by atoms with Crippen molar-refractivity contribution in [1.29, 1.82) is 0 Å². The largest absolute Gasteiger partial charge is 0.480 e. The van der Waals surface area contributed by atoms with E-state index in [4.69, 9.17) is 5.11 Å². The minimum Gasteiger partial charge on any atom is -0.480 e. The third-order valence-corrected chi connectivity index (χ3v) is 3.12. The van der Waals surface area contributed by atoms with Crippen molar-refractivity contribution >= 4 is 11.9 Å². The summed E-state index contributed by atoms with van der Waals surface area (Å²) in [7, 11) is 3.85. The van der Waals surface area contributed by atoms with Gasteiger partial charge in [0.1, 0.15) is 0 Å². The minimum absolute atomic E-state index is 0.106. The van der Waals surface area contributed by atoms with Crippen molar-refractivity contribution in [3.05, 3.63) is 0 Å². The van der Waals surface area contributed by atoms with Crippen molar-refractivity contribution in [1.82, 2.24) is 15.1 Å². The van der Waals surface area contributed by atoms with Gasteiger partial charge in [0, 0.05) is 19.6 Å². The molecule has 0 spiro atoms. The fourth-order valence-electron chi connectivity index (χ4n) is 1.71. The highest BCUT2D eigenvalue weighted by atomic mass is 16.4. The Hall–Kier alpha value is -1.14. The lowest BCUT2D eigenvalue weighted by Crippen LogP contribution is -2.49. The number of aliphatic carboxylic acids is 1. The zero-order valence-electron chi connectivity index (χ0n) is 13.3. The molecule has 0 aliphatic carbocycles. The molecule has 0 saturated heterocycles. The molecule has 0 rings (SSSR count). The Labute approximate surface area is 122 Å². The summed E-state index contributed by atoms with van der Waals surface area (Å²) < 4.78 is 0. The molecule has 0 aromatic rings. The fraction of sp³-hybridized carbons (Fsp3) is 0.857. The lowest BCUT2D eigenvalue weighted by Gasteiger charge is -2.27. The van der Waals surface area contributed by atoms with Gasteiger partial charge in [0.2, 0.25) is 5.91 Å². The lowest BCUT2D eigenvalue weighted by molar-refractivity contribution is -0.139. The van der Waals surface area contributed by atoms with Crippen molar-refractivity contribution in [2.24, 2.45) is 5.92 Å². The number of nitrogens with zero attached hydrogens (tertiary/aromatic N) is 2. The second kappa shape index (κ2) is 9.72. The molecule has 6 heteroatoms. The number of hydrogen-bond acceptors (Lipinski definition) is 4. The maximum Gasteiger partial charge on any atom is 0.317 e. The van der Waals surface area contributed by atoms with Crippen LogP contribution in [-0.2, 0) is 9.59 Å². The molecule has 20 heavy (non-hydrogen) atoms. The van der Waals surface area contributed by atoms with Gasteiger partial charge in [-0.1, -0.05) is 13.8 Å². The van der Waals surface area contributed by atoms with Crippen LogP contribution in [0.3, 0.4) is 0 Å². The first-order chi connectivity index (χ1) is 9.23. The quantitative estimate of drug-likeness (QED) is 0.611. The van der Waals surface area contributed by atoms with Gasteiger partial charge in [-0.2, -0.15) is 0 Å². The number of carbonyl (C=O) groups is 2. The molecular formula is C14H29N3O3. The number of amides is 1. The van der Waals surface area contributed by atoms with Crippen molar-refractivity contribution in [2.75, 3.05) is 40.3 Å². The van der Waals surface area contributed by atoms with E-state index in [0.29, 0.717) is 19.0 Å². The van der Waals surface area contributed by atoms with Crippen LogP contribution in [0.1, 0.15) is 27.2 Å². The Bertz CT molecular complexity index is 306. The average Bonchev–Trinajstić information content (AvgIpc) is 2.32. The molecule has 0 radical (unpaired) electrons. The van der Waals surface area contributed by atoms with E-state index in [1.807, 2.05) is 19.0 Å². The highest BCUT2D eigenvalue weighted by Crippen LogP contribution is 2.01. The number of carboxylic acid groups (broad SMARTS) is 1. The summed E-state index contributed by atoms with van der Waals surface area (Å²) in [6, 6.07) is -0.432. The summed E-state index contributed by atoms with van der Waals surface area (Å²) in [5, 5.41) is 11.8. The first-order valence-corrected chi connectivity index (χ1v) is 7.12. The smallest absolute Gasteiger partial charge is 0.317 e. The first-order valence-electron chi connectivity index (χ1n) is 7.12. The van der Waals surface area contributed by atoms with Crippen LogP contribution in [0.15, 0.2) is 0 Å². The molecule has 0 aliphatic rings. The minimum atomic E-state index is -0.911. The molecule has 0 bridgehead atoms. The maximum absolute atomic E-state index is 12.0. The van der Waals surface area contributed by atoms with E-state index in [1.165, 1.54) is 0 Å². The van der Waals surface area contributed by atoms with Crippen molar-refractivity contribution in [3.8, 4) is 0 Å². The fourth-order valence-corrected chi connectivity index (χ4v) is 1.71.